The molecule has 6 nitrogen and oxygen atoms in total. The topological polar surface area (TPSA) is 79.5 Å². The van der Waals surface area contributed by atoms with E-state index in [2.05, 4.69) is 16.2 Å². The monoisotopic (exact) mass is 341 g/mol. The number of nitrogens with one attached hydrogen (secondary N) is 3. The van der Waals surface area contributed by atoms with Crippen molar-refractivity contribution in [2.24, 2.45) is 0 Å². The predicted octanol–water partition coefficient (Wildman–Crippen LogP) is 1.41. The van der Waals surface area contributed by atoms with Gasteiger partial charge in [0.05, 0.1) is 0 Å². The zero-order chi connectivity index (χ0) is 16.4. The van der Waals surface area contributed by atoms with E-state index in [-0.39, 0.29) is 11.7 Å². The maximum Gasteiger partial charge on any atom is 0.264 e. The Kier molecular flexibility index (Phi) is 8.13. The number of thiocarbonyl (C=S) groups is 1. The summed E-state index contributed by atoms with van der Waals surface area (Å²) < 4.78 is 4.90. The van der Waals surface area contributed by atoms with Gasteiger partial charge in [-0.15, -0.1) is 0 Å². The molecule has 1 rings (SSSR count). The van der Waals surface area contributed by atoms with Gasteiger partial charge in [0.15, 0.2) is 5.11 Å². The lowest BCUT2D eigenvalue weighted by Gasteiger charge is -2.09. The van der Waals surface area contributed by atoms with Gasteiger partial charge in [-0.3, -0.25) is 25.8 Å². The number of amides is 2. The fourth-order valence-electron chi connectivity index (χ4n) is 1.29. The summed E-state index contributed by atoms with van der Waals surface area (Å²) in [6, 6.07) is 6.99. The summed E-state index contributed by atoms with van der Waals surface area (Å²) in [6.45, 7) is 2.12. The number of hydrogen-bond donors (Lipinski definition) is 3. The van der Waals surface area contributed by atoms with Crippen LogP contribution in [0.25, 0.3) is 6.08 Å². The van der Waals surface area contributed by atoms with Crippen LogP contribution in [0.4, 0.5) is 0 Å². The molecule has 0 aliphatic carbocycles. The minimum absolute atomic E-state index is 0.0180. The summed E-state index contributed by atoms with van der Waals surface area (Å²) in [5, 5.41) is 2.99. The Hall–Kier alpha value is -1.96. The zero-order valence-corrected chi connectivity index (χ0v) is 13.5. The van der Waals surface area contributed by atoms with E-state index >= 15 is 0 Å². The largest absolute Gasteiger partial charge is 0.372 e. The van der Waals surface area contributed by atoms with Crippen molar-refractivity contribution >= 4 is 46.8 Å². The lowest BCUT2D eigenvalue weighted by atomic mass is 10.2. The summed E-state index contributed by atoms with van der Waals surface area (Å²) in [4.78, 5) is 22.9. The van der Waals surface area contributed by atoms with Crippen molar-refractivity contribution in [2.75, 3.05) is 13.2 Å². The van der Waals surface area contributed by atoms with Crippen LogP contribution in [0.15, 0.2) is 30.3 Å². The second kappa shape index (κ2) is 9.88. The third-order valence-corrected chi connectivity index (χ3v) is 2.74. The van der Waals surface area contributed by atoms with Crippen LogP contribution in [0.1, 0.15) is 12.5 Å². The van der Waals surface area contributed by atoms with E-state index in [0.717, 1.165) is 5.56 Å². The average Bonchev–Trinajstić information content (AvgIpc) is 2.50. The Balaban J connectivity index is 2.33. The highest BCUT2D eigenvalue weighted by Gasteiger charge is 2.03. The molecule has 0 saturated heterocycles. The highest BCUT2D eigenvalue weighted by molar-refractivity contribution is 7.80. The first-order valence-corrected chi connectivity index (χ1v) is 7.21. The van der Waals surface area contributed by atoms with Crippen molar-refractivity contribution in [3.63, 3.8) is 0 Å². The summed E-state index contributed by atoms with van der Waals surface area (Å²) in [5.74, 6) is -0.818. The van der Waals surface area contributed by atoms with Gasteiger partial charge in [0.2, 0.25) is 5.91 Å². The van der Waals surface area contributed by atoms with Gasteiger partial charge in [0.1, 0.15) is 6.61 Å². The maximum atomic E-state index is 11.6. The van der Waals surface area contributed by atoms with Crippen LogP contribution in [-0.4, -0.2) is 30.1 Å². The van der Waals surface area contributed by atoms with Crippen molar-refractivity contribution in [2.45, 2.75) is 6.92 Å². The second-order valence-corrected chi connectivity index (χ2v) is 4.86. The first-order chi connectivity index (χ1) is 10.5. The number of hydrazine groups is 1. The number of rotatable bonds is 5. The molecular weight excluding hydrogens is 326 g/mol. The first-order valence-electron chi connectivity index (χ1n) is 6.42. The SMILES string of the molecule is CCOCC(=O)NNC(=S)NC(=O)/C=C/c1ccc(Cl)cc1. The summed E-state index contributed by atoms with van der Waals surface area (Å²) in [6.07, 6.45) is 2.93. The van der Waals surface area contributed by atoms with Crippen LogP contribution in [0.5, 0.6) is 0 Å². The average molecular weight is 342 g/mol. The van der Waals surface area contributed by atoms with Gasteiger partial charge in [-0.25, -0.2) is 0 Å². The molecule has 3 N–H and O–H groups in total. The molecule has 0 saturated carbocycles. The number of halogens is 1. The van der Waals surface area contributed by atoms with Gasteiger partial charge in [0, 0.05) is 17.7 Å². The van der Waals surface area contributed by atoms with E-state index in [1.165, 1.54) is 6.08 Å². The molecule has 0 bridgehead atoms. The van der Waals surface area contributed by atoms with Crippen LogP contribution in [0.2, 0.25) is 5.02 Å². The van der Waals surface area contributed by atoms with Crippen molar-refractivity contribution in [1.82, 2.24) is 16.2 Å². The highest BCUT2D eigenvalue weighted by atomic mass is 35.5. The van der Waals surface area contributed by atoms with Gasteiger partial charge in [-0.1, -0.05) is 23.7 Å². The quantitative estimate of drug-likeness (QED) is 0.429. The van der Waals surface area contributed by atoms with Crippen LogP contribution in [0.3, 0.4) is 0 Å². The fourth-order valence-corrected chi connectivity index (χ4v) is 1.57. The summed E-state index contributed by atoms with van der Waals surface area (Å²) in [7, 11) is 0. The van der Waals surface area contributed by atoms with Gasteiger partial charge in [0.25, 0.3) is 5.91 Å². The Morgan fingerprint density at radius 3 is 2.59 bits per heavy atom. The fraction of sp³-hybridized carbons (Fsp3) is 0.214. The molecule has 1 aromatic carbocycles. The Bertz CT molecular complexity index is 561. The summed E-state index contributed by atoms with van der Waals surface area (Å²) in [5.41, 5.74) is 5.51. The predicted molar refractivity (Wildman–Crippen MR) is 89.0 cm³/mol. The normalized spacial score (nSPS) is 10.3. The van der Waals surface area contributed by atoms with Crippen LogP contribution in [-0.2, 0) is 14.3 Å². The lowest BCUT2D eigenvalue weighted by molar-refractivity contribution is -0.126. The van der Waals surface area contributed by atoms with E-state index < -0.39 is 11.8 Å². The number of carbonyl (C=O) groups is 2. The van der Waals surface area contributed by atoms with Crippen molar-refractivity contribution in [3.05, 3.63) is 40.9 Å². The van der Waals surface area contributed by atoms with E-state index in [1.54, 1.807) is 37.3 Å². The smallest absolute Gasteiger partial charge is 0.264 e. The molecule has 1 aromatic rings. The highest BCUT2D eigenvalue weighted by Crippen LogP contribution is 2.10. The zero-order valence-electron chi connectivity index (χ0n) is 11.9. The Morgan fingerprint density at radius 2 is 1.95 bits per heavy atom. The van der Waals surface area contributed by atoms with Crippen molar-refractivity contribution in [3.8, 4) is 0 Å². The lowest BCUT2D eigenvalue weighted by Crippen LogP contribution is -2.49. The molecule has 0 radical (unpaired) electrons. The number of ether oxygens (including phenoxy) is 1. The Labute approximate surface area is 138 Å². The van der Waals surface area contributed by atoms with Gasteiger partial charge in [-0.05, 0) is 42.9 Å². The number of carbonyl (C=O) groups excluding carboxylic acids is 2. The molecule has 118 valence electrons. The molecule has 0 spiro atoms. The summed E-state index contributed by atoms with van der Waals surface area (Å²) >= 11 is 10.6. The van der Waals surface area contributed by atoms with E-state index in [0.29, 0.717) is 11.6 Å². The molecule has 0 aliphatic heterocycles. The minimum atomic E-state index is -0.425. The Morgan fingerprint density at radius 1 is 1.27 bits per heavy atom. The third kappa shape index (κ3) is 7.72. The van der Waals surface area contributed by atoms with Crippen LogP contribution in [0, 0.1) is 0 Å². The minimum Gasteiger partial charge on any atom is -0.372 e. The van der Waals surface area contributed by atoms with E-state index in [4.69, 9.17) is 28.6 Å². The van der Waals surface area contributed by atoms with E-state index in [9.17, 15) is 9.59 Å². The van der Waals surface area contributed by atoms with Crippen LogP contribution >= 0.6 is 23.8 Å². The number of hydrogen-bond acceptors (Lipinski definition) is 4. The van der Waals surface area contributed by atoms with Gasteiger partial charge in [-0.2, -0.15) is 0 Å². The molecule has 0 atom stereocenters. The molecule has 22 heavy (non-hydrogen) atoms. The van der Waals surface area contributed by atoms with Gasteiger partial charge < -0.3 is 4.74 Å². The molecule has 0 heterocycles. The van der Waals surface area contributed by atoms with Crippen molar-refractivity contribution in [1.29, 1.82) is 0 Å². The molecule has 0 aromatic heterocycles. The molecular formula is C14H16ClN3O3S. The van der Waals surface area contributed by atoms with E-state index in [1.807, 2.05) is 0 Å². The first kappa shape index (κ1) is 18.1. The van der Waals surface area contributed by atoms with Gasteiger partial charge >= 0.3 is 0 Å². The van der Waals surface area contributed by atoms with Crippen molar-refractivity contribution < 1.29 is 14.3 Å². The second-order valence-electron chi connectivity index (χ2n) is 4.01. The standard InChI is InChI=1S/C14H16ClN3O3S/c1-2-21-9-13(20)17-18-14(22)16-12(19)8-5-10-3-6-11(15)7-4-10/h3-8H,2,9H2,1H3,(H,17,20)(H2,16,18,19,22)/b8-5+. The number of benzene rings is 1. The third-order valence-electron chi connectivity index (χ3n) is 2.29. The molecule has 2 amide bonds. The molecule has 0 unspecified atom stereocenters. The molecule has 0 aliphatic rings. The molecule has 0 fully saturated rings. The molecule has 8 heteroatoms. The van der Waals surface area contributed by atoms with Crippen LogP contribution < -0.4 is 16.2 Å². The maximum absolute atomic E-state index is 11.6.